The van der Waals surface area contributed by atoms with Crippen molar-refractivity contribution in [3.63, 3.8) is 0 Å². The number of phenols is 1. The van der Waals surface area contributed by atoms with Gasteiger partial charge in [0.05, 0.1) is 16.2 Å². The molecule has 2 rings (SSSR count). The van der Waals surface area contributed by atoms with Crippen LogP contribution in [0, 0.1) is 28.4 Å². The molecule has 9 nitrogen and oxygen atoms in total. The van der Waals surface area contributed by atoms with Crippen LogP contribution in [-0.2, 0) is 0 Å². The smallest absolute Gasteiger partial charge is 0.315 e. The van der Waals surface area contributed by atoms with Gasteiger partial charge in [0.2, 0.25) is 11.7 Å². The number of nitrogen functional groups attached to an aromatic ring is 2. The largest absolute Gasteiger partial charge is 0.502 e. The van der Waals surface area contributed by atoms with E-state index in [1.54, 1.807) is 6.07 Å². The summed E-state index contributed by atoms with van der Waals surface area (Å²) in [4.78, 5) is 17.9. The fourth-order valence-electron chi connectivity index (χ4n) is 1.93. The molecule has 0 fully saturated rings. The fourth-order valence-corrected chi connectivity index (χ4v) is 2.34. The molecule has 0 amide bonds. The van der Waals surface area contributed by atoms with Gasteiger partial charge in [-0.2, -0.15) is 10.2 Å². The first-order chi connectivity index (χ1) is 10.3. The number of nitro groups is 1. The van der Waals surface area contributed by atoms with Gasteiger partial charge in [-0.05, 0) is 13.0 Å². The van der Waals surface area contributed by atoms with Crippen molar-refractivity contribution in [3.05, 3.63) is 31.8 Å². The highest BCUT2D eigenvalue weighted by Gasteiger charge is 2.27. The van der Waals surface area contributed by atoms with Crippen LogP contribution in [0.25, 0.3) is 11.3 Å². The number of nitrogens with two attached hydrogens (primary N) is 2. The van der Waals surface area contributed by atoms with Crippen molar-refractivity contribution >= 4 is 33.4 Å². The minimum absolute atomic E-state index is 0.0403. The van der Waals surface area contributed by atoms with Crippen molar-refractivity contribution in [1.29, 1.82) is 5.26 Å². The summed E-state index contributed by atoms with van der Waals surface area (Å²) in [6, 6.07) is 3.20. The Kier molecular flexibility index (Phi) is 3.83. The molecule has 0 radical (unpaired) electrons. The number of nitrogens with zero attached hydrogens (tertiary/aromatic N) is 4. The summed E-state index contributed by atoms with van der Waals surface area (Å²) in [5, 5.41) is 30.5. The third kappa shape index (κ3) is 2.38. The van der Waals surface area contributed by atoms with E-state index in [1.165, 1.54) is 13.0 Å². The average molecular weight is 365 g/mol. The van der Waals surface area contributed by atoms with E-state index in [4.69, 9.17) is 16.7 Å². The van der Waals surface area contributed by atoms with Crippen LogP contribution in [0.3, 0.4) is 0 Å². The molecule has 1 aromatic carbocycles. The molecular formula is C12H9BrN6O3. The van der Waals surface area contributed by atoms with Crippen LogP contribution in [0.5, 0.6) is 5.75 Å². The van der Waals surface area contributed by atoms with Crippen LogP contribution >= 0.6 is 15.9 Å². The van der Waals surface area contributed by atoms with Crippen LogP contribution in [0.15, 0.2) is 10.5 Å². The van der Waals surface area contributed by atoms with Crippen LogP contribution in [0.1, 0.15) is 11.1 Å². The minimum atomic E-state index is -0.723. The maximum atomic E-state index is 11.1. The lowest BCUT2D eigenvalue weighted by Crippen LogP contribution is -2.05. The molecule has 22 heavy (non-hydrogen) atoms. The molecular weight excluding hydrogens is 356 g/mol. The Morgan fingerprint density at radius 2 is 2.09 bits per heavy atom. The standard InChI is InChI=1S/C12H9BrN6O3/c1-4-7(13)2-5(10(20)9(4)19(21)22)8-6(3-14)11(15)18-12(16)17-8/h2,20H,1H3,(H4,15,16,17,18). The van der Waals surface area contributed by atoms with Crippen LogP contribution in [0.2, 0.25) is 0 Å². The molecule has 5 N–H and O–H groups in total. The molecule has 0 unspecified atom stereocenters. The van der Waals surface area contributed by atoms with E-state index < -0.39 is 16.4 Å². The molecule has 2 aromatic rings. The van der Waals surface area contributed by atoms with Crippen LogP contribution in [-0.4, -0.2) is 20.0 Å². The molecule has 10 heteroatoms. The molecule has 112 valence electrons. The molecule has 0 aliphatic rings. The third-order valence-electron chi connectivity index (χ3n) is 2.97. The number of rotatable bonds is 2. The summed E-state index contributed by atoms with van der Waals surface area (Å²) in [7, 11) is 0. The van der Waals surface area contributed by atoms with Gasteiger partial charge in [0, 0.05) is 10.0 Å². The average Bonchev–Trinajstić information content (AvgIpc) is 2.42. The maximum Gasteiger partial charge on any atom is 0.315 e. The van der Waals surface area contributed by atoms with Gasteiger partial charge in [-0.25, -0.2) is 4.98 Å². The van der Waals surface area contributed by atoms with Crippen molar-refractivity contribution < 1.29 is 10.0 Å². The Labute approximate surface area is 132 Å². The highest BCUT2D eigenvalue weighted by molar-refractivity contribution is 9.10. The molecule has 0 saturated carbocycles. The number of phenolic OH excluding ortho intramolecular Hbond substituents is 1. The van der Waals surface area contributed by atoms with Gasteiger partial charge in [-0.3, -0.25) is 10.1 Å². The Morgan fingerprint density at radius 1 is 1.45 bits per heavy atom. The zero-order valence-corrected chi connectivity index (χ0v) is 12.7. The van der Waals surface area contributed by atoms with E-state index in [2.05, 4.69) is 25.9 Å². The second kappa shape index (κ2) is 5.45. The number of hydrogen-bond donors (Lipinski definition) is 3. The lowest BCUT2D eigenvalue weighted by atomic mass is 10.0. The first kappa shape index (κ1) is 15.5. The van der Waals surface area contributed by atoms with Crippen molar-refractivity contribution in [3.8, 4) is 23.1 Å². The number of aromatic nitrogens is 2. The molecule has 0 aliphatic heterocycles. The van der Waals surface area contributed by atoms with E-state index in [1.807, 2.05) is 0 Å². The van der Waals surface area contributed by atoms with Crippen molar-refractivity contribution in [2.45, 2.75) is 6.92 Å². The van der Waals surface area contributed by atoms with Crippen molar-refractivity contribution in [2.24, 2.45) is 0 Å². The highest BCUT2D eigenvalue weighted by atomic mass is 79.9. The zero-order chi connectivity index (χ0) is 16.6. The maximum absolute atomic E-state index is 11.1. The van der Waals surface area contributed by atoms with Gasteiger partial charge >= 0.3 is 5.69 Å². The molecule has 1 aromatic heterocycles. The quantitative estimate of drug-likeness (QED) is 0.536. The third-order valence-corrected chi connectivity index (χ3v) is 3.79. The predicted molar refractivity (Wildman–Crippen MR) is 81.8 cm³/mol. The summed E-state index contributed by atoms with van der Waals surface area (Å²) >= 11 is 3.18. The summed E-state index contributed by atoms with van der Waals surface area (Å²) in [5.74, 6) is -1.02. The molecule has 1 heterocycles. The number of nitro benzene ring substituents is 1. The summed E-state index contributed by atoms with van der Waals surface area (Å²) < 4.78 is 0.367. The zero-order valence-electron chi connectivity index (χ0n) is 11.2. The Balaban J connectivity index is 2.91. The van der Waals surface area contributed by atoms with E-state index in [0.717, 1.165) is 0 Å². The minimum Gasteiger partial charge on any atom is -0.502 e. The van der Waals surface area contributed by atoms with Gasteiger partial charge < -0.3 is 16.6 Å². The van der Waals surface area contributed by atoms with Gasteiger partial charge in [-0.15, -0.1) is 0 Å². The second-order valence-electron chi connectivity index (χ2n) is 4.29. The molecule has 0 spiro atoms. The lowest BCUT2D eigenvalue weighted by molar-refractivity contribution is -0.386. The molecule has 0 saturated heterocycles. The van der Waals surface area contributed by atoms with Gasteiger partial charge in [0.25, 0.3) is 0 Å². The van der Waals surface area contributed by atoms with E-state index >= 15 is 0 Å². The fraction of sp³-hybridized carbons (Fsp3) is 0.0833. The van der Waals surface area contributed by atoms with E-state index in [9.17, 15) is 15.2 Å². The monoisotopic (exact) mass is 364 g/mol. The summed E-state index contributed by atoms with van der Waals surface area (Å²) in [5.41, 5.74) is 10.6. The predicted octanol–water partition coefficient (Wildman–Crippen LogP) is 1.86. The number of aromatic hydroxyl groups is 1. The number of benzene rings is 1. The van der Waals surface area contributed by atoms with Crippen molar-refractivity contribution in [1.82, 2.24) is 9.97 Å². The Hall–Kier alpha value is -2.93. The Bertz CT molecular complexity index is 846. The summed E-state index contributed by atoms with van der Waals surface area (Å²) in [6.07, 6.45) is 0. The van der Waals surface area contributed by atoms with E-state index in [0.29, 0.717) is 4.47 Å². The van der Waals surface area contributed by atoms with Crippen LogP contribution in [0.4, 0.5) is 17.5 Å². The number of nitriles is 1. The topological polar surface area (TPSA) is 165 Å². The van der Waals surface area contributed by atoms with Gasteiger partial charge in [0.1, 0.15) is 17.5 Å². The molecule has 0 bridgehead atoms. The number of anilines is 2. The van der Waals surface area contributed by atoms with Crippen molar-refractivity contribution in [2.75, 3.05) is 11.5 Å². The highest BCUT2D eigenvalue weighted by Crippen LogP contribution is 2.43. The SMILES string of the molecule is Cc1c(Br)cc(-c2nc(N)nc(N)c2C#N)c(O)c1[N+](=O)[O-]. The second-order valence-corrected chi connectivity index (χ2v) is 5.14. The number of halogens is 1. The van der Waals surface area contributed by atoms with Gasteiger partial charge in [-0.1, -0.05) is 15.9 Å². The lowest BCUT2D eigenvalue weighted by Gasteiger charge is -2.11. The Morgan fingerprint density at radius 3 is 2.64 bits per heavy atom. The first-order valence-electron chi connectivity index (χ1n) is 5.77. The normalized spacial score (nSPS) is 10.2. The van der Waals surface area contributed by atoms with Crippen LogP contribution < -0.4 is 11.5 Å². The summed E-state index contributed by atoms with van der Waals surface area (Å²) in [6.45, 7) is 1.47. The first-order valence-corrected chi connectivity index (χ1v) is 6.57. The number of hydrogen-bond acceptors (Lipinski definition) is 8. The molecule has 0 aliphatic carbocycles. The molecule has 0 atom stereocenters. The van der Waals surface area contributed by atoms with E-state index in [-0.39, 0.29) is 34.2 Å². The van der Waals surface area contributed by atoms with Gasteiger partial charge in [0.15, 0.2) is 0 Å².